The molecule has 0 saturated heterocycles. The Kier molecular flexibility index (Phi) is 20.1. The van der Waals surface area contributed by atoms with E-state index in [1.807, 2.05) is 71.9 Å². The van der Waals surface area contributed by atoms with Gasteiger partial charge in [-0.25, -0.2) is 4.79 Å². The maximum Gasteiger partial charge on any atom is 0.334 e. The smallest absolute Gasteiger partial charge is 0.334 e. The Morgan fingerprint density at radius 2 is 1.36 bits per heavy atom. The van der Waals surface area contributed by atoms with Gasteiger partial charge in [-0.2, -0.15) is 0 Å². The molecule has 2 unspecified atom stereocenters. The monoisotopic (exact) mass is 811 g/mol. The third kappa shape index (κ3) is 14.9. The first-order chi connectivity index (χ1) is 27.2. The van der Waals surface area contributed by atoms with Crippen molar-refractivity contribution < 1.29 is 38.3 Å². The lowest BCUT2D eigenvalue weighted by Gasteiger charge is -2.33. The van der Waals surface area contributed by atoms with E-state index in [4.69, 9.17) is 4.74 Å². The van der Waals surface area contributed by atoms with Crippen LogP contribution in [0.3, 0.4) is 0 Å². The molecule has 0 fully saturated rings. The van der Waals surface area contributed by atoms with Gasteiger partial charge in [0.2, 0.25) is 29.5 Å². The minimum atomic E-state index is -1.17. The number of cyclic esters (lactones) is 1. The summed E-state index contributed by atoms with van der Waals surface area (Å²) in [6, 6.07) is 4.79. The van der Waals surface area contributed by atoms with E-state index in [9.17, 15) is 33.6 Å². The average Bonchev–Trinajstić information content (AvgIpc) is 3.18. The predicted molar refractivity (Wildman–Crippen MR) is 224 cm³/mol. The summed E-state index contributed by atoms with van der Waals surface area (Å²) >= 11 is 0. The maximum atomic E-state index is 14.1. The van der Waals surface area contributed by atoms with Gasteiger partial charge in [0.25, 0.3) is 5.91 Å². The van der Waals surface area contributed by atoms with Crippen LogP contribution in [0, 0.1) is 23.7 Å². The van der Waals surface area contributed by atoms with Crippen LogP contribution in [-0.2, 0) is 44.7 Å². The average molecular weight is 811 g/mol. The Labute approximate surface area is 346 Å². The molecule has 14 heteroatoms. The maximum absolute atomic E-state index is 14.1. The molecule has 324 valence electrons. The quantitative estimate of drug-likeness (QED) is 0.285. The summed E-state index contributed by atoms with van der Waals surface area (Å²) in [7, 11) is 2.91. The molecule has 14 nitrogen and oxygen atoms in total. The van der Waals surface area contributed by atoms with Gasteiger partial charge in [0.15, 0.2) is 6.10 Å². The second kappa shape index (κ2) is 23.6. The molecule has 1 aliphatic rings. The van der Waals surface area contributed by atoms with E-state index in [0.717, 1.165) is 12.0 Å². The number of amides is 6. The van der Waals surface area contributed by atoms with E-state index in [1.54, 1.807) is 19.9 Å². The highest BCUT2D eigenvalue weighted by Crippen LogP contribution is 2.22. The zero-order chi connectivity index (χ0) is 43.9. The van der Waals surface area contributed by atoms with E-state index in [-0.39, 0.29) is 48.5 Å². The van der Waals surface area contributed by atoms with Gasteiger partial charge in [-0.05, 0) is 69.3 Å². The second-order valence-electron chi connectivity index (χ2n) is 16.6. The minimum absolute atomic E-state index is 0.00352. The van der Waals surface area contributed by atoms with Crippen LogP contribution in [0.2, 0.25) is 0 Å². The minimum Gasteiger partial charge on any atom is -0.449 e. The summed E-state index contributed by atoms with van der Waals surface area (Å²) in [4.78, 5) is 98.2. The van der Waals surface area contributed by atoms with Crippen molar-refractivity contribution in [3.8, 4) is 0 Å². The first-order valence-corrected chi connectivity index (χ1v) is 20.9. The fraction of sp³-hybridized carbons (Fsp3) is 0.659. The highest BCUT2D eigenvalue weighted by molar-refractivity contribution is 5.96. The standard InChI is InChI=1S/C44H70N6O8/c1-13-27(5)37-29(7)19-18-20-30(8)44(57)58-35(23-26(3)4)40(53)46-32(10)42(55)50(12)34(24-33-21-16-15-17-22-33)43(56)49(11)25-36(51)47-38(28(6)14-2)41(54)45-31(9)39(52)48-37/h15-17,20-22,26-29,31-32,34-35,37-38H,13-14,18-19,23-25H2,1-12H3,(H,45,54)(H,46,53)(H,47,51)(H,48,52)/b30-20+/t27-,28?,29-,31+,32-,34+,35+,37+,38?/m0/s1. The van der Waals surface area contributed by atoms with Crippen LogP contribution in [0.25, 0.3) is 0 Å². The van der Waals surface area contributed by atoms with Crippen LogP contribution in [-0.4, -0.2) is 108 Å². The number of carbonyl (C=O) groups excluding carboxylic acids is 7. The van der Waals surface area contributed by atoms with Gasteiger partial charge in [-0.15, -0.1) is 0 Å². The SMILES string of the molecule is CCC(C)C1NC(=O)CN(C)C(=O)[C@@H](Cc2ccccc2)N(C)C(=O)[C@H](C)NC(=O)[C@@H](CC(C)C)OC(=O)/C(C)=C/CC[C@H](C)[C@@H]([C@@H](C)CC)NC(=O)[C@@H](C)NC1=O. The molecule has 0 radical (unpaired) electrons. The van der Waals surface area contributed by atoms with Crippen LogP contribution in [0.5, 0.6) is 0 Å². The van der Waals surface area contributed by atoms with Gasteiger partial charge < -0.3 is 35.8 Å². The summed E-state index contributed by atoms with van der Waals surface area (Å²) in [6.45, 7) is 17.9. The van der Waals surface area contributed by atoms with Crippen LogP contribution >= 0.6 is 0 Å². The van der Waals surface area contributed by atoms with Crippen molar-refractivity contribution in [2.24, 2.45) is 23.7 Å². The molecule has 9 atom stereocenters. The van der Waals surface area contributed by atoms with Crippen LogP contribution in [0.1, 0.15) is 107 Å². The molecule has 0 aromatic heterocycles. The highest BCUT2D eigenvalue weighted by atomic mass is 16.5. The molecule has 0 spiro atoms. The van der Waals surface area contributed by atoms with Gasteiger partial charge in [-0.1, -0.05) is 97.7 Å². The number of esters is 1. The lowest BCUT2D eigenvalue weighted by molar-refractivity contribution is -0.154. The first kappa shape index (κ1) is 49.4. The lowest BCUT2D eigenvalue weighted by atomic mass is 9.85. The number of allylic oxidation sites excluding steroid dienone is 1. The van der Waals surface area contributed by atoms with Crippen molar-refractivity contribution in [1.82, 2.24) is 31.1 Å². The van der Waals surface area contributed by atoms with Gasteiger partial charge >= 0.3 is 5.97 Å². The molecular weight excluding hydrogens is 741 g/mol. The Hall–Kier alpha value is -4.75. The molecule has 1 aliphatic heterocycles. The van der Waals surface area contributed by atoms with E-state index in [2.05, 4.69) is 28.2 Å². The molecule has 4 N–H and O–H groups in total. The first-order valence-electron chi connectivity index (χ1n) is 20.9. The predicted octanol–water partition coefficient (Wildman–Crippen LogP) is 3.92. The number of likely N-dealkylation sites (N-methyl/N-ethyl adjacent to an activating group) is 2. The fourth-order valence-corrected chi connectivity index (χ4v) is 6.96. The Balaban J connectivity index is 2.57. The number of nitrogens with one attached hydrogen (secondary N) is 4. The molecule has 1 aromatic rings. The van der Waals surface area contributed by atoms with Gasteiger partial charge in [0.05, 0.1) is 6.54 Å². The molecule has 6 amide bonds. The molecule has 0 saturated carbocycles. The van der Waals surface area contributed by atoms with Gasteiger partial charge in [0.1, 0.15) is 24.2 Å². The zero-order valence-electron chi connectivity index (χ0n) is 36.8. The highest BCUT2D eigenvalue weighted by Gasteiger charge is 2.36. The second-order valence-corrected chi connectivity index (χ2v) is 16.6. The number of carbonyl (C=O) groups is 7. The molecule has 1 heterocycles. The van der Waals surface area contributed by atoms with E-state index in [0.29, 0.717) is 24.8 Å². The van der Waals surface area contributed by atoms with Crippen molar-refractivity contribution >= 4 is 41.4 Å². The van der Waals surface area contributed by atoms with Gasteiger partial charge in [-0.3, -0.25) is 28.8 Å². The number of nitrogens with zero attached hydrogens (tertiary/aromatic N) is 2. The Morgan fingerprint density at radius 3 is 1.95 bits per heavy atom. The Morgan fingerprint density at radius 1 is 0.759 bits per heavy atom. The van der Waals surface area contributed by atoms with Crippen molar-refractivity contribution in [1.29, 1.82) is 0 Å². The fourth-order valence-electron chi connectivity index (χ4n) is 6.96. The molecule has 58 heavy (non-hydrogen) atoms. The number of benzene rings is 1. The third-order valence-electron chi connectivity index (χ3n) is 11.2. The molecule has 0 bridgehead atoms. The zero-order valence-corrected chi connectivity index (χ0v) is 36.8. The summed E-state index contributed by atoms with van der Waals surface area (Å²) in [5, 5.41) is 11.4. The largest absolute Gasteiger partial charge is 0.449 e. The molecule has 2 rings (SSSR count). The normalized spacial score (nSPS) is 28.1. The van der Waals surface area contributed by atoms with E-state index >= 15 is 0 Å². The number of hydrogen-bond donors (Lipinski definition) is 4. The summed E-state index contributed by atoms with van der Waals surface area (Å²) in [6.07, 6.45) is 3.40. The van der Waals surface area contributed by atoms with Crippen LogP contribution in [0.4, 0.5) is 0 Å². The van der Waals surface area contributed by atoms with Crippen LogP contribution < -0.4 is 21.3 Å². The number of hydrogen-bond acceptors (Lipinski definition) is 8. The molecule has 1 aromatic carbocycles. The third-order valence-corrected chi connectivity index (χ3v) is 11.2. The summed E-state index contributed by atoms with van der Waals surface area (Å²) in [5.41, 5.74) is 1.09. The van der Waals surface area contributed by atoms with E-state index < -0.39 is 72.3 Å². The number of ether oxygens (including phenoxy) is 1. The van der Waals surface area contributed by atoms with E-state index in [1.165, 1.54) is 30.8 Å². The van der Waals surface area contributed by atoms with Crippen molar-refractivity contribution in [2.45, 2.75) is 144 Å². The van der Waals surface area contributed by atoms with Crippen molar-refractivity contribution in [3.63, 3.8) is 0 Å². The Bertz CT molecular complexity index is 1600. The molecular formula is C44H70N6O8. The molecule has 0 aliphatic carbocycles. The summed E-state index contributed by atoms with van der Waals surface area (Å²) in [5.74, 6) is -4.11. The topological polar surface area (TPSA) is 183 Å². The van der Waals surface area contributed by atoms with Crippen LogP contribution in [0.15, 0.2) is 42.0 Å². The van der Waals surface area contributed by atoms with Crippen molar-refractivity contribution in [2.75, 3.05) is 20.6 Å². The van der Waals surface area contributed by atoms with Gasteiger partial charge in [0, 0.05) is 32.1 Å². The van der Waals surface area contributed by atoms with Crippen molar-refractivity contribution in [3.05, 3.63) is 47.5 Å². The number of rotatable bonds is 8. The lowest BCUT2D eigenvalue weighted by Crippen LogP contribution is -2.58. The summed E-state index contributed by atoms with van der Waals surface area (Å²) < 4.78 is 5.73.